The molecule has 5 nitrogen and oxygen atoms in total. The average Bonchev–Trinajstić information content (AvgIpc) is 2.61. The predicted octanol–water partition coefficient (Wildman–Crippen LogP) is 0.441. The van der Waals surface area contributed by atoms with Gasteiger partial charge in [0.2, 0.25) is 11.8 Å². The van der Waals surface area contributed by atoms with Gasteiger partial charge in [0.1, 0.15) is 0 Å². The van der Waals surface area contributed by atoms with Crippen molar-refractivity contribution in [1.29, 1.82) is 0 Å². The van der Waals surface area contributed by atoms with Crippen LogP contribution in [0.15, 0.2) is 0 Å². The zero-order chi connectivity index (χ0) is 13.7. The van der Waals surface area contributed by atoms with Crippen molar-refractivity contribution in [2.24, 2.45) is 11.7 Å². The third kappa shape index (κ3) is 3.70. The zero-order valence-corrected chi connectivity index (χ0v) is 11.7. The summed E-state index contributed by atoms with van der Waals surface area (Å²) in [5, 5.41) is 0. The van der Waals surface area contributed by atoms with E-state index >= 15 is 0 Å². The fraction of sp³-hybridized carbons (Fsp3) is 0.846. The molecule has 1 aliphatic heterocycles. The predicted molar refractivity (Wildman–Crippen MR) is 70.9 cm³/mol. The fourth-order valence-electron chi connectivity index (χ4n) is 2.16. The van der Waals surface area contributed by atoms with Gasteiger partial charge in [-0.1, -0.05) is 20.3 Å². The van der Waals surface area contributed by atoms with E-state index in [-0.39, 0.29) is 17.7 Å². The van der Waals surface area contributed by atoms with E-state index in [4.69, 9.17) is 5.73 Å². The second-order valence-corrected chi connectivity index (χ2v) is 5.10. The summed E-state index contributed by atoms with van der Waals surface area (Å²) in [6, 6.07) is -0.418. The molecule has 0 bridgehead atoms. The number of carbonyl (C=O) groups is 2. The van der Waals surface area contributed by atoms with Crippen molar-refractivity contribution < 1.29 is 9.59 Å². The first-order valence-electron chi connectivity index (χ1n) is 6.77. The van der Waals surface area contributed by atoms with Crippen molar-refractivity contribution in [2.75, 3.05) is 26.2 Å². The molecule has 1 saturated heterocycles. The largest absolute Gasteiger partial charge is 0.341 e. The Morgan fingerprint density at radius 2 is 1.72 bits per heavy atom. The smallest absolute Gasteiger partial charge is 0.239 e. The quantitative estimate of drug-likeness (QED) is 0.796. The Labute approximate surface area is 109 Å². The number of nitrogens with zero attached hydrogens (tertiary/aromatic N) is 2. The molecule has 2 atom stereocenters. The van der Waals surface area contributed by atoms with Crippen LogP contribution in [0.25, 0.3) is 0 Å². The molecule has 2 unspecified atom stereocenters. The highest BCUT2D eigenvalue weighted by Crippen LogP contribution is 2.11. The fourth-order valence-corrected chi connectivity index (χ4v) is 2.16. The summed E-state index contributed by atoms with van der Waals surface area (Å²) in [7, 11) is 0. The topological polar surface area (TPSA) is 66.6 Å². The van der Waals surface area contributed by atoms with Crippen LogP contribution in [0.5, 0.6) is 0 Å². The first-order chi connectivity index (χ1) is 8.47. The first-order valence-corrected chi connectivity index (χ1v) is 6.77. The van der Waals surface area contributed by atoms with Gasteiger partial charge in [-0.3, -0.25) is 9.59 Å². The Bertz CT molecular complexity index is 307. The maximum atomic E-state index is 12.2. The van der Waals surface area contributed by atoms with Crippen LogP contribution in [0.4, 0.5) is 0 Å². The van der Waals surface area contributed by atoms with Crippen molar-refractivity contribution in [3.05, 3.63) is 0 Å². The molecule has 5 heteroatoms. The van der Waals surface area contributed by atoms with Crippen LogP contribution in [0.3, 0.4) is 0 Å². The summed E-state index contributed by atoms with van der Waals surface area (Å²) in [6.07, 6.45) is 1.73. The van der Waals surface area contributed by atoms with E-state index in [9.17, 15) is 9.59 Å². The zero-order valence-electron chi connectivity index (χ0n) is 11.7. The number of rotatable bonds is 3. The van der Waals surface area contributed by atoms with E-state index in [1.54, 1.807) is 16.7 Å². The van der Waals surface area contributed by atoms with Crippen LogP contribution in [0.1, 0.15) is 33.6 Å². The molecule has 0 aromatic heterocycles. The van der Waals surface area contributed by atoms with Crippen molar-refractivity contribution in [3.8, 4) is 0 Å². The molecule has 1 heterocycles. The standard InChI is InChI=1S/C13H25N3O2/c1-4-10(2)12(14)13(18)16-7-5-6-15(8-9-16)11(3)17/h10,12H,4-9,14H2,1-3H3. The molecule has 0 aromatic rings. The molecule has 104 valence electrons. The minimum atomic E-state index is -0.418. The van der Waals surface area contributed by atoms with Crippen LogP contribution in [-0.4, -0.2) is 53.8 Å². The first kappa shape index (κ1) is 15.0. The molecule has 2 N–H and O–H groups in total. The van der Waals surface area contributed by atoms with Gasteiger partial charge in [0.05, 0.1) is 6.04 Å². The Kier molecular flexibility index (Phi) is 5.59. The lowest BCUT2D eigenvalue weighted by molar-refractivity contribution is -0.134. The molecule has 0 aromatic carbocycles. The van der Waals surface area contributed by atoms with Gasteiger partial charge in [-0.05, 0) is 12.3 Å². The van der Waals surface area contributed by atoms with Crippen molar-refractivity contribution in [3.63, 3.8) is 0 Å². The van der Waals surface area contributed by atoms with Crippen molar-refractivity contribution >= 4 is 11.8 Å². The van der Waals surface area contributed by atoms with Gasteiger partial charge in [-0.15, -0.1) is 0 Å². The van der Waals surface area contributed by atoms with Crippen molar-refractivity contribution in [2.45, 2.75) is 39.7 Å². The summed E-state index contributed by atoms with van der Waals surface area (Å²) >= 11 is 0. The normalized spacial score (nSPS) is 20.2. The number of amides is 2. The maximum absolute atomic E-state index is 12.2. The summed E-state index contributed by atoms with van der Waals surface area (Å²) in [4.78, 5) is 27.1. The van der Waals surface area contributed by atoms with Crippen LogP contribution in [-0.2, 0) is 9.59 Å². The molecular weight excluding hydrogens is 230 g/mol. The Hall–Kier alpha value is -1.10. The summed E-state index contributed by atoms with van der Waals surface area (Å²) in [5.41, 5.74) is 5.98. The van der Waals surface area contributed by atoms with Crippen LogP contribution < -0.4 is 5.73 Å². The van der Waals surface area contributed by atoms with E-state index in [2.05, 4.69) is 0 Å². The molecule has 0 saturated carbocycles. The van der Waals surface area contributed by atoms with E-state index in [1.165, 1.54) is 0 Å². The lowest BCUT2D eigenvalue weighted by Crippen LogP contribution is -2.48. The van der Waals surface area contributed by atoms with Gasteiger partial charge in [0, 0.05) is 33.1 Å². The highest BCUT2D eigenvalue weighted by Gasteiger charge is 2.26. The molecular formula is C13H25N3O2. The molecule has 18 heavy (non-hydrogen) atoms. The minimum absolute atomic E-state index is 0.0229. The molecule has 1 fully saturated rings. The SMILES string of the molecule is CCC(C)C(N)C(=O)N1CCCN(C(C)=O)CC1. The second kappa shape index (κ2) is 6.73. The summed E-state index contributed by atoms with van der Waals surface area (Å²) < 4.78 is 0. The average molecular weight is 255 g/mol. The van der Waals surface area contributed by atoms with E-state index < -0.39 is 6.04 Å². The number of nitrogens with two attached hydrogens (primary N) is 1. The van der Waals surface area contributed by atoms with Gasteiger partial charge >= 0.3 is 0 Å². The third-order valence-corrected chi connectivity index (χ3v) is 3.80. The molecule has 1 aliphatic rings. The van der Waals surface area contributed by atoms with Gasteiger partial charge < -0.3 is 15.5 Å². The highest BCUT2D eigenvalue weighted by atomic mass is 16.2. The van der Waals surface area contributed by atoms with Crippen molar-refractivity contribution in [1.82, 2.24) is 9.80 Å². The molecule has 0 aliphatic carbocycles. The molecule has 0 spiro atoms. The summed E-state index contributed by atoms with van der Waals surface area (Å²) in [5.74, 6) is 0.301. The Balaban J connectivity index is 2.57. The Morgan fingerprint density at radius 1 is 1.17 bits per heavy atom. The molecule has 2 amide bonds. The van der Waals surface area contributed by atoms with Gasteiger partial charge in [0.25, 0.3) is 0 Å². The molecule has 0 radical (unpaired) electrons. The lowest BCUT2D eigenvalue weighted by atomic mass is 9.99. The minimum Gasteiger partial charge on any atom is -0.341 e. The van der Waals surface area contributed by atoms with Crippen LogP contribution >= 0.6 is 0 Å². The van der Waals surface area contributed by atoms with Gasteiger partial charge in [0.15, 0.2) is 0 Å². The highest BCUT2D eigenvalue weighted by molar-refractivity contribution is 5.82. The van der Waals surface area contributed by atoms with Gasteiger partial charge in [-0.2, -0.15) is 0 Å². The van der Waals surface area contributed by atoms with Gasteiger partial charge in [-0.25, -0.2) is 0 Å². The number of hydrogen-bond donors (Lipinski definition) is 1. The van der Waals surface area contributed by atoms with E-state index in [0.29, 0.717) is 19.6 Å². The monoisotopic (exact) mass is 255 g/mol. The number of hydrogen-bond acceptors (Lipinski definition) is 3. The number of carbonyl (C=O) groups excluding carboxylic acids is 2. The molecule has 1 rings (SSSR count). The maximum Gasteiger partial charge on any atom is 0.239 e. The Morgan fingerprint density at radius 3 is 2.28 bits per heavy atom. The van der Waals surface area contributed by atoms with E-state index in [0.717, 1.165) is 19.4 Å². The van der Waals surface area contributed by atoms with Crippen LogP contribution in [0.2, 0.25) is 0 Å². The summed E-state index contributed by atoms with van der Waals surface area (Å²) in [6.45, 7) is 8.27. The van der Waals surface area contributed by atoms with E-state index in [1.807, 2.05) is 13.8 Å². The second-order valence-electron chi connectivity index (χ2n) is 5.10. The lowest BCUT2D eigenvalue weighted by Gasteiger charge is -2.27. The third-order valence-electron chi connectivity index (χ3n) is 3.80. The van der Waals surface area contributed by atoms with Crippen LogP contribution in [0, 0.1) is 5.92 Å².